The second-order valence-corrected chi connectivity index (χ2v) is 6.31. The molecule has 0 heterocycles. The fourth-order valence-corrected chi connectivity index (χ4v) is 2.34. The van der Waals surface area contributed by atoms with E-state index in [1.54, 1.807) is 24.3 Å². The van der Waals surface area contributed by atoms with Crippen molar-refractivity contribution in [1.82, 2.24) is 5.43 Å². The van der Waals surface area contributed by atoms with Crippen molar-refractivity contribution in [2.75, 3.05) is 11.9 Å². The van der Waals surface area contributed by atoms with E-state index in [0.717, 1.165) is 12.1 Å². The van der Waals surface area contributed by atoms with E-state index in [0.29, 0.717) is 10.8 Å². The van der Waals surface area contributed by atoms with Crippen LogP contribution in [0.25, 0.3) is 0 Å². The van der Waals surface area contributed by atoms with E-state index in [9.17, 15) is 22.8 Å². The van der Waals surface area contributed by atoms with E-state index in [2.05, 4.69) is 15.8 Å². The standard InChI is InChI=1S/C19H17ClF3N3O3/c1-12(25-26-18(28)11-29-16-8-3-2-7-15(16)20)9-17(27)24-14-6-4-5-13(10-14)19(21,22)23/h2-8,10H,9,11H2,1H3,(H,24,27)(H,26,28)/b25-12+. The number of alkyl halides is 3. The smallest absolute Gasteiger partial charge is 0.416 e. The summed E-state index contributed by atoms with van der Waals surface area (Å²) in [5.41, 5.74) is 1.61. The summed E-state index contributed by atoms with van der Waals surface area (Å²) < 4.78 is 43.3. The van der Waals surface area contributed by atoms with Gasteiger partial charge in [-0.3, -0.25) is 9.59 Å². The molecule has 0 saturated carbocycles. The van der Waals surface area contributed by atoms with Crippen molar-refractivity contribution in [3.63, 3.8) is 0 Å². The maximum Gasteiger partial charge on any atom is 0.416 e. The van der Waals surface area contributed by atoms with Crippen LogP contribution in [0.5, 0.6) is 5.75 Å². The number of carbonyl (C=O) groups is 2. The van der Waals surface area contributed by atoms with Crippen molar-refractivity contribution < 1.29 is 27.5 Å². The normalized spacial score (nSPS) is 11.7. The maximum atomic E-state index is 12.7. The van der Waals surface area contributed by atoms with Gasteiger partial charge in [0.15, 0.2) is 6.61 Å². The average molecular weight is 428 g/mol. The van der Waals surface area contributed by atoms with Crippen LogP contribution >= 0.6 is 11.6 Å². The molecule has 2 aromatic carbocycles. The summed E-state index contributed by atoms with van der Waals surface area (Å²) in [4.78, 5) is 23.7. The van der Waals surface area contributed by atoms with Gasteiger partial charge < -0.3 is 10.1 Å². The molecule has 0 aromatic heterocycles. The molecule has 10 heteroatoms. The van der Waals surface area contributed by atoms with E-state index in [-0.39, 0.29) is 24.4 Å². The number of hydrazone groups is 1. The summed E-state index contributed by atoms with van der Waals surface area (Å²) in [7, 11) is 0. The molecule has 0 aliphatic heterocycles. The lowest BCUT2D eigenvalue weighted by atomic mass is 10.2. The van der Waals surface area contributed by atoms with E-state index in [1.165, 1.54) is 19.1 Å². The third-order valence-corrected chi connectivity index (χ3v) is 3.77. The first kappa shape index (κ1) is 22.2. The predicted octanol–water partition coefficient (Wildman–Crippen LogP) is 4.26. The topological polar surface area (TPSA) is 79.8 Å². The Bertz CT molecular complexity index is 917. The molecule has 2 aromatic rings. The summed E-state index contributed by atoms with van der Waals surface area (Å²) in [6, 6.07) is 10.9. The first-order valence-corrected chi connectivity index (χ1v) is 8.69. The second kappa shape index (κ2) is 9.92. The molecule has 0 radical (unpaired) electrons. The summed E-state index contributed by atoms with van der Waals surface area (Å²) in [5, 5.41) is 6.47. The molecular weight excluding hydrogens is 411 g/mol. The first-order valence-electron chi connectivity index (χ1n) is 8.31. The molecule has 0 saturated heterocycles. The molecular formula is C19H17ClF3N3O3. The lowest BCUT2D eigenvalue weighted by molar-refractivity contribution is -0.137. The summed E-state index contributed by atoms with van der Waals surface area (Å²) in [5.74, 6) is -0.805. The maximum absolute atomic E-state index is 12.7. The Morgan fingerprint density at radius 1 is 1.10 bits per heavy atom. The zero-order chi connectivity index (χ0) is 21.4. The van der Waals surface area contributed by atoms with Gasteiger partial charge in [-0.25, -0.2) is 5.43 Å². The third kappa shape index (κ3) is 7.46. The van der Waals surface area contributed by atoms with Crippen molar-refractivity contribution in [3.05, 3.63) is 59.1 Å². The largest absolute Gasteiger partial charge is 0.482 e. The number of halogens is 4. The van der Waals surface area contributed by atoms with Crippen LogP contribution in [-0.4, -0.2) is 24.1 Å². The molecule has 29 heavy (non-hydrogen) atoms. The zero-order valence-corrected chi connectivity index (χ0v) is 16.0. The first-order chi connectivity index (χ1) is 13.6. The van der Waals surface area contributed by atoms with Crippen molar-refractivity contribution in [2.45, 2.75) is 19.5 Å². The Morgan fingerprint density at radius 3 is 2.52 bits per heavy atom. The lowest BCUT2D eigenvalue weighted by Crippen LogP contribution is -2.26. The van der Waals surface area contributed by atoms with Gasteiger partial charge in [0.05, 0.1) is 17.0 Å². The molecule has 2 rings (SSSR count). The highest BCUT2D eigenvalue weighted by Crippen LogP contribution is 2.30. The fourth-order valence-electron chi connectivity index (χ4n) is 2.15. The van der Waals surface area contributed by atoms with Crippen LogP contribution in [0.3, 0.4) is 0 Å². The van der Waals surface area contributed by atoms with Gasteiger partial charge in [-0.1, -0.05) is 29.8 Å². The molecule has 0 atom stereocenters. The predicted molar refractivity (Wildman–Crippen MR) is 103 cm³/mol. The Morgan fingerprint density at radius 2 is 1.83 bits per heavy atom. The van der Waals surface area contributed by atoms with E-state index in [1.807, 2.05) is 0 Å². The van der Waals surface area contributed by atoms with Gasteiger partial charge in [0.1, 0.15) is 5.75 Å². The van der Waals surface area contributed by atoms with Crippen LogP contribution in [0, 0.1) is 0 Å². The molecule has 2 amide bonds. The summed E-state index contributed by atoms with van der Waals surface area (Å²) >= 11 is 5.90. The van der Waals surface area contributed by atoms with E-state index >= 15 is 0 Å². The molecule has 0 aliphatic carbocycles. The summed E-state index contributed by atoms with van der Waals surface area (Å²) in [6.45, 7) is 1.15. The number of ether oxygens (including phenoxy) is 1. The van der Waals surface area contributed by atoms with Gasteiger partial charge in [-0.2, -0.15) is 18.3 Å². The van der Waals surface area contributed by atoms with Gasteiger partial charge in [0.2, 0.25) is 5.91 Å². The van der Waals surface area contributed by atoms with Gasteiger partial charge in [0.25, 0.3) is 5.91 Å². The molecule has 0 fully saturated rings. The van der Waals surface area contributed by atoms with Crippen LogP contribution in [0.1, 0.15) is 18.9 Å². The summed E-state index contributed by atoms with van der Waals surface area (Å²) in [6.07, 6.45) is -4.73. The number of nitrogens with one attached hydrogen (secondary N) is 2. The molecule has 0 bridgehead atoms. The number of hydrogen-bond donors (Lipinski definition) is 2. The zero-order valence-electron chi connectivity index (χ0n) is 15.2. The van der Waals surface area contributed by atoms with Crippen molar-refractivity contribution in [2.24, 2.45) is 5.10 Å². The van der Waals surface area contributed by atoms with Crippen LogP contribution in [0.2, 0.25) is 5.02 Å². The molecule has 6 nitrogen and oxygen atoms in total. The lowest BCUT2D eigenvalue weighted by Gasteiger charge is -2.10. The van der Waals surface area contributed by atoms with E-state index < -0.39 is 23.6 Å². The molecule has 0 spiro atoms. The molecule has 0 aliphatic rings. The minimum atomic E-state index is -4.51. The second-order valence-electron chi connectivity index (χ2n) is 5.90. The van der Waals surface area contributed by atoms with Gasteiger partial charge in [-0.05, 0) is 37.3 Å². The number of anilines is 1. The molecule has 0 unspecified atom stereocenters. The molecule has 2 N–H and O–H groups in total. The van der Waals surface area contributed by atoms with Crippen LogP contribution < -0.4 is 15.5 Å². The number of nitrogens with zero attached hydrogens (tertiary/aromatic N) is 1. The van der Waals surface area contributed by atoms with Crippen LogP contribution in [0.15, 0.2) is 53.6 Å². The monoisotopic (exact) mass is 427 g/mol. The van der Waals surface area contributed by atoms with Crippen molar-refractivity contribution in [1.29, 1.82) is 0 Å². The number of carbonyl (C=O) groups excluding carboxylic acids is 2. The number of benzene rings is 2. The van der Waals surface area contributed by atoms with E-state index in [4.69, 9.17) is 16.3 Å². The number of rotatable bonds is 7. The molecule has 154 valence electrons. The van der Waals surface area contributed by atoms with Gasteiger partial charge >= 0.3 is 6.18 Å². The Hall–Kier alpha value is -3.07. The third-order valence-electron chi connectivity index (χ3n) is 3.46. The van der Waals surface area contributed by atoms with Gasteiger partial charge in [-0.15, -0.1) is 0 Å². The van der Waals surface area contributed by atoms with Crippen LogP contribution in [0.4, 0.5) is 18.9 Å². The minimum absolute atomic E-state index is 0.00907. The Labute approximate surface area is 169 Å². The quantitative estimate of drug-likeness (QED) is 0.512. The highest BCUT2D eigenvalue weighted by Gasteiger charge is 2.30. The van der Waals surface area contributed by atoms with Crippen molar-refractivity contribution in [3.8, 4) is 5.75 Å². The number of amides is 2. The minimum Gasteiger partial charge on any atom is -0.482 e. The number of para-hydroxylation sites is 1. The fraction of sp³-hybridized carbons (Fsp3) is 0.211. The average Bonchev–Trinajstić information content (AvgIpc) is 2.65. The van der Waals surface area contributed by atoms with Gasteiger partial charge in [0, 0.05) is 11.4 Å². The Balaban J connectivity index is 1.82. The highest BCUT2D eigenvalue weighted by molar-refractivity contribution is 6.32. The highest BCUT2D eigenvalue weighted by atomic mass is 35.5. The van der Waals surface area contributed by atoms with Crippen LogP contribution in [-0.2, 0) is 15.8 Å². The number of hydrogen-bond acceptors (Lipinski definition) is 4. The Kier molecular flexibility index (Phi) is 7.60. The SMILES string of the molecule is C/C(CC(=O)Nc1cccc(C(F)(F)F)c1)=N\NC(=O)COc1ccccc1Cl. The van der Waals surface area contributed by atoms with Crippen molar-refractivity contribution >= 4 is 34.8 Å².